The first kappa shape index (κ1) is 19.9. The smallest absolute Gasteiger partial charge is 0.246 e. The van der Waals surface area contributed by atoms with Gasteiger partial charge in [0, 0.05) is 38.2 Å². The molecule has 0 aliphatic rings. The highest BCUT2D eigenvalue weighted by molar-refractivity contribution is 7.90. The molecule has 0 fully saturated rings. The van der Waals surface area contributed by atoms with Crippen molar-refractivity contribution in [2.24, 2.45) is 7.05 Å². The average Bonchev–Trinajstić information content (AvgIpc) is 2.99. The van der Waals surface area contributed by atoms with E-state index in [2.05, 4.69) is 17.7 Å². The molecule has 0 unspecified atom stereocenters. The van der Waals surface area contributed by atoms with Crippen molar-refractivity contribution >= 4 is 15.7 Å². The van der Waals surface area contributed by atoms with Gasteiger partial charge in [-0.25, -0.2) is 8.42 Å². The van der Waals surface area contributed by atoms with Crippen LogP contribution in [0, 0.1) is 6.92 Å². The van der Waals surface area contributed by atoms with Gasteiger partial charge >= 0.3 is 0 Å². The van der Waals surface area contributed by atoms with Gasteiger partial charge < -0.3 is 4.90 Å². The summed E-state index contributed by atoms with van der Waals surface area (Å²) in [6, 6.07) is 8.00. The molecule has 2 aromatic rings. The van der Waals surface area contributed by atoms with E-state index in [4.69, 9.17) is 0 Å². The molecule has 2 rings (SSSR count). The summed E-state index contributed by atoms with van der Waals surface area (Å²) in [5.74, 6) is -0.161. The number of amides is 1. The van der Waals surface area contributed by atoms with Crippen molar-refractivity contribution in [1.82, 2.24) is 14.7 Å². The van der Waals surface area contributed by atoms with E-state index in [9.17, 15) is 13.2 Å². The van der Waals surface area contributed by atoms with Crippen LogP contribution in [0.1, 0.15) is 17.5 Å². The lowest BCUT2D eigenvalue weighted by molar-refractivity contribution is -0.126. The van der Waals surface area contributed by atoms with E-state index in [1.54, 1.807) is 15.8 Å². The first-order valence-electron chi connectivity index (χ1n) is 8.38. The molecule has 0 radical (unpaired) electrons. The third kappa shape index (κ3) is 5.29. The zero-order chi connectivity index (χ0) is 19.3. The Labute approximate surface area is 155 Å². The molecule has 0 saturated heterocycles. The van der Waals surface area contributed by atoms with Gasteiger partial charge in [-0.2, -0.15) is 5.10 Å². The van der Waals surface area contributed by atoms with Gasteiger partial charge in [-0.05, 0) is 37.1 Å². The average molecular weight is 375 g/mol. The summed E-state index contributed by atoms with van der Waals surface area (Å²) in [4.78, 5) is 13.9. The highest BCUT2D eigenvalue weighted by Gasteiger charge is 2.16. The summed E-state index contributed by atoms with van der Waals surface area (Å²) in [7, 11) is -1.18. The van der Waals surface area contributed by atoms with Crippen LogP contribution in [-0.2, 0) is 28.2 Å². The summed E-state index contributed by atoms with van der Waals surface area (Å²) in [6.45, 7) is 6.32. The van der Waals surface area contributed by atoms with Crippen LogP contribution in [0.5, 0.6) is 0 Å². The third-order valence-electron chi connectivity index (χ3n) is 4.15. The number of benzene rings is 1. The summed E-state index contributed by atoms with van der Waals surface area (Å²) in [5.41, 5.74) is 4.07. The second kappa shape index (κ2) is 8.31. The van der Waals surface area contributed by atoms with Gasteiger partial charge in [0.1, 0.15) is 9.84 Å². The quantitative estimate of drug-likeness (QED) is 0.664. The van der Waals surface area contributed by atoms with Crippen LogP contribution < -0.4 is 0 Å². The predicted octanol–water partition coefficient (Wildman–Crippen LogP) is 2.34. The van der Waals surface area contributed by atoms with Crippen LogP contribution in [0.15, 0.2) is 43.1 Å². The van der Waals surface area contributed by atoms with E-state index in [1.807, 2.05) is 32.2 Å². The lowest BCUT2D eigenvalue weighted by Gasteiger charge is -2.23. The molecule has 1 aromatic heterocycles. The fourth-order valence-electron chi connectivity index (χ4n) is 2.82. The molecule has 140 valence electrons. The number of carbonyl (C=O) groups excluding carboxylic acids is 1. The number of hydrogen-bond acceptors (Lipinski definition) is 4. The minimum absolute atomic E-state index is 0.0520. The molecule has 1 heterocycles. The fraction of sp³-hybridized carbons (Fsp3) is 0.368. The van der Waals surface area contributed by atoms with Crippen LogP contribution in [0.25, 0.3) is 11.3 Å². The SMILES string of the molecule is C=CC(=O)N(CCCS(C)(=O)=O)Cc1ccc(C)cc1-c1ccnn1C. The molecule has 7 heteroatoms. The van der Waals surface area contributed by atoms with Crippen molar-refractivity contribution in [3.63, 3.8) is 0 Å². The largest absolute Gasteiger partial charge is 0.335 e. The molecule has 0 atom stereocenters. The van der Waals surface area contributed by atoms with Crippen LogP contribution in [-0.4, -0.2) is 47.6 Å². The van der Waals surface area contributed by atoms with Gasteiger partial charge in [0.25, 0.3) is 0 Å². The summed E-state index contributed by atoms with van der Waals surface area (Å²) >= 11 is 0. The Hall–Kier alpha value is -2.41. The molecule has 26 heavy (non-hydrogen) atoms. The van der Waals surface area contributed by atoms with Gasteiger partial charge in [-0.3, -0.25) is 9.48 Å². The van der Waals surface area contributed by atoms with Gasteiger partial charge in [-0.15, -0.1) is 0 Å². The third-order valence-corrected chi connectivity index (χ3v) is 5.18. The number of aromatic nitrogens is 2. The molecule has 0 aliphatic heterocycles. The van der Waals surface area contributed by atoms with Crippen LogP contribution >= 0.6 is 0 Å². The molecule has 0 spiro atoms. The Morgan fingerprint density at radius 3 is 2.65 bits per heavy atom. The minimum atomic E-state index is -3.06. The lowest BCUT2D eigenvalue weighted by Crippen LogP contribution is -2.31. The van der Waals surface area contributed by atoms with E-state index >= 15 is 0 Å². The Morgan fingerprint density at radius 1 is 1.35 bits per heavy atom. The summed E-state index contributed by atoms with van der Waals surface area (Å²) < 4.78 is 24.5. The van der Waals surface area contributed by atoms with E-state index in [0.717, 1.165) is 22.4 Å². The van der Waals surface area contributed by atoms with E-state index in [0.29, 0.717) is 19.5 Å². The second-order valence-corrected chi connectivity index (χ2v) is 8.71. The van der Waals surface area contributed by atoms with Crippen molar-refractivity contribution in [3.05, 3.63) is 54.2 Å². The predicted molar refractivity (Wildman–Crippen MR) is 103 cm³/mol. The van der Waals surface area contributed by atoms with E-state index < -0.39 is 9.84 Å². The normalized spacial score (nSPS) is 11.3. The van der Waals surface area contributed by atoms with Gasteiger partial charge in [0.15, 0.2) is 0 Å². The first-order chi connectivity index (χ1) is 12.2. The Balaban J connectivity index is 2.29. The molecular formula is C19H25N3O3S. The standard InChI is InChI=1S/C19H25N3O3S/c1-5-19(23)22(11-6-12-26(4,24)25)14-16-8-7-15(2)13-17(16)18-9-10-20-21(18)3/h5,7-10,13H,1,6,11-12,14H2,2-4H3. The Bertz CT molecular complexity index is 901. The summed E-state index contributed by atoms with van der Waals surface area (Å²) in [5, 5.41) is 4.22. The van der Waals surface area contributed by atoms with Gasteiger partial charge in [-0.1, -0.05) is 24.3 Å². The highest BCUT2D eigenvalue weighted by Crippen LogP contribution is 2.26. The monoisotopic (exact) mass is 375 g/mol. The minimum Gasteiger partial charge on any atom is -0.335 e. The first-order valence-corrected chi connectivity index (χ1v) is 10.4. The maximum absolute atomic E-state index is 12.2. The van der Waals surface area contributed by atoms with Crippen molar-refractivity contribution in [2.75, 3.05) is 18.6 Å². The number of rotatable bonds is 8. The molecule has 0 bridgehead atoms. The number of aryl methyl sites for hydroxylation is 2. The topological polar surface area (TPSA) is 72.3 Å². The molecule has 0 saturated carbocycles. The fourth-order valence-corrected chi connectivity index (χ4v) is 3.48. The Morgan fingerprint density at radius 2 is 2.08 bits per heavy atom. The van der Waals surface area contributed by atoms with Crippen LogP contribution in [0.3, 0.4) is 0 Å². The lowest BCUT2D eigenvalue weighted by atomic mass is 10.0. The van der Waals surface area contributed by atoms with Crippen LogP contribution in [0.4, 0.5) is 0 Å². The molecular weight excluding hydrogens is 350 g/mol. The molecule has 1 amide bonds. The van der Waals surface area contributed by atoms with Crippen molar-refractivity contribution in [3.8, 4) is 11.3 Å². The number of nitrogens with zero attached hydrogens (tertiary/aromatic N) is 3. The van der Waals surface area contributed by atoms with Crippen molar-refractivity contribution < 1.29 is 13.2 Å². The van der Waals surface area contributed by atoms with Crippen molar-refractivity contribution in [1.29, 1.82) is 0 Å². The number of carbonyl (C=O) groups is 1. The van der Waals surface area contributed by atoms with Gasteiger partial charge in [0.2, 0.25) is 5.91 Å². The molecule has 0 aliphatic carbocycles. The second-order valence-electron chi connectivity index (χ2n) is 6.45. The highest BCUT2D eigenvalue weighted by atomic mass is 32.2. The van der Waals surface area contributed by atoms with Gasteiger partial charge in [0.05, 0.1) is 11.4 Å². The molecule has 1 aromatic carbocycles. The number of sulfone groups is 1. The zero-order valence-corrected chi connectivity index (χ0v) is 16.3. The number of hydrogen-bond donors (Lipinski definition) is 0. The van der Waals surface area contributed by atoms with E-state index in [-0.39, 0.29) is 11.7 Å². The Kier molecular flexibility index (Phi) is 6.37. The van der Waals surface area contributed by atoms with E-state index in [1.165, 1.54) is 12.3 Å². The summed E-state index contributed by atoms with van der Waals surface area (Å²) in [6.07, 6.45) is 4.59. The molecule has 6 nitrogen and oxygen atoms in total. The van der Waals surface area contributed by atoms with Crippen LogP contribution in [0.2, 0.25) is 0 Å². The maximum Gasteiger partial charge on any atom is 0.246 e. The van der Waals surface area contributed by atoms with Crippen molar-refractivity contribution in [2.45, 2.75) is 19.9 Å². The zero-order valence-electron chi connectivity index (χ0n) is 15.5. The molecule has 0 N–H and O–H groups in total. The maximum atomic E-state index is 12.2.